The number of halogens is 2. The van der Waals surface area contributed by atoms with Crippen LogP contribution in [0.15, 0.2) is 60.1 Å². The SMILES string of the molecule is ClC=CC1CCC(CCc2ccc(-c3ccc(Cl)cc3)cc2)CC1. The zero-order valence-electron chi connectivity index (χ0n) is 13.9. The second kappa shape index (κ2) is 8.74. The first-order valence-electron chi connectivity index (χ1n) is 8.86. The normalized spacial score (nSPS) is 21.2. The van der Waals surface area contributed by atoms with Gasteiger partial charge in [0.15, 0.2) is 0 Å². The molecule has 0 unspecified atom stereocenters. The predicted octanol–water partition coefficient (Wildman–Crippen LogP) is 7.50. The predicted molar refractivity (Wildman–Crippen MR) is 106 cm³/mol. The van der Waals surface area contributed by atoms with Crippen LogP contribution >= 0.6 is 23.2 Å². The summed E-state index contributed by atoms with van der Waals surface area (Å²) in [6.07, 6.45) is 9.92. The highest BCUT2D eigenvalue weighted by atomic mass is 35.5. The number of hydrogen-bond acceptors (Lipinski definition) is 0. The van der Waals surface area contributed by atoms with E-state index in [0.29, 0.717) is 5.92 Å². The maximum atomic E-state index is 5.96. The van der Waals surface area contributed by atoms with Gasteiger partial charge in [0.25, 0.3) is 0 Å². The van der Waals surface area contributed by atoms with Crippen molar-refractivity contribution in [2.24, 2.45) is 11.8 Å². The van der Waals surface area contributed by atoms with Crippen molar-refractivity contribution in [1.82, 2.24) is 0 Å². The van der Waals surface area contributed by atoms with Gasteiger partial charge in [-0.05, 0) is 79.2 Å². The molecule has 0 spiro atoms. The molecule has 24 heavy (non-hydrogen) atoms. The lowest BCUT2D eigenvalue weighted by atomic mass is 9.79. The third-order valence-electron chi connectivity index (χ3n) is 5.21. The van der Waals surface area contributed by atoms with Crippen LogP contribution in [0.2, 0.25) is 5.02 Å². The number of hydrogen-bond donors (Lipinski definition) is 0. The van der Waals surface area contributed by atoms with Gasteiger partial charge in [-0.25, -0.2) is 0 Å². The van der Waals surface area contributed by atoms with Gasteiger partial charge in [-0.15, -0.1) is 0 Å². The van der Waals surface area contributed by atoms with E-state index in [1.54, 1.807) is 5.54 Å². The third kappa shape index (κ3) is 4.88. The second-order valence-electron chi connectivity index (χ2n) is 6.84. The van der Waals surface area contributed by atoms with Crippen LogP contribution in [-0.4, -0.2) is 0 Å². The van der Waals surface area contributed by atoms with Crippen molar-refractivity contribution in [1.29, 1.82) is 0 Å². The van der Waals surface area contributed by atoms with E-state index in [9.17, 15) is 0 Å². The van der Waals surface area contributed by atoms with Crippen LogP contribution in [0.5, 0.6) is 0 Å². The largest absolute Gasteiger partial charge is 0.0933 e. The van der Waals surface area contributed by atoms with Crippen LogP contribution in [0.25, 0.3) is 11.1 Å². The first-order valence-corrected chi connectivity index (χ1v) is 9.68. The summed E-state index contributed by atoms with van der Waals surface area (Å²) in [5.41, 5.74) is 5.60. The summed E-state index contributed by atoms with van der Waals surface area (Å²) < 4.78 is 0. The molecule has 1 saturated carbocycles. The van der Waals surface area contributed by atoms with E-state index < -0.39 is 0 Å². The molecule has 2 heteroatoms. The van der Waals surface area contributed by atoms with Crippen molar-refractivity contribution in [2.45, 2.75) is 38.5 Å². The molecule has 0 heterocycles. The van der Waals surface area contributed by atoms with Crippen molar-refractivity contribution < 1.29 is 0 Å². The number of aryl methyl sites for hydroxylation is 1. The minimum absolute atomic E-state index is 0.706. The van der Waals surface area contributed by atoms with Crippen LogP contribution < -0.4 is 0 Å². The highest BCUT2D eigenvalue weighted by Crippen LogP contribution is 2.32. The van der Waals surface area contributed by atoms with Gasteiger partial charge >= 0.3 is 0 Å². The monoisotopic (exact) mass is 358 g/mol. The molecule has 0 saturated heterocycles. The lowest BCUT2D eigenvalue weighted by Gasteiger charge is -2.26. The van der Waals surface area contributed by atoms with E-state index in [0.717, 1.165) is 10.9 Å². The van der Waals surface area contributed by atoms with E-state index in [2.05, 4.69) is 42.5 Å². The molecule has 0 bridgehead atoms. The molecule has 0 nitrogen and oxygen atoms in total. The summed E-state index contributed by atoms with van der Waals surface area (Å²) in [7, 11) is 0. The molecule has 0 amide bonds. The van der Waals surface area contributed by atoms with Gasteiger partial charge in [-0.1, -0.05) is 65.7 Å². The quantitative estimate of drug-likeness (QED) is 0.518. The fourth-order valence-electron chi connectivity index (χ4n) is 3.65. The maximum absolute atomic E-state index is 5.96. The highest BCUT2D eigenvalue weighted by molar-refractivity contribution is 6.30. The molecule has 2 aromatic carbocycles. The number of rotatable bonds is 5. The van der Waals surface area contributed by atoms with E-state index in [1.807, 2.05) is 12.1 Å². The van der Waals surface area contributed by atoms with E-state index in [1.165, 1.54) is 55.2 Å². The van der Waals surface area contributed by atoms with Crippen LogP contribution in [-0.2, 0) is 6.42 Å². The molecule has 1 aliphatic carbocycles. The van der Waals surface area contributed by atoms with Crippen molar-refractivity contribution >= 4 is 23.2 Å². The minimum Gasteiger partial charge on any atom is -0.0933 e. The molecule has 0 radical (unpaired) electrons. The molecular weight excluding hydrogens is 335 g/mol. The first-order chi connectivity index (χ1) is 11.7. The third-order valence-corrected chi connectivity index (χ3v) is 5.61. The Kier molecular flexibility index (Phi) is 6.40. The Morgan fingerprint density at radius 2 is 1.42 bits per heavy atom. The van der Waals surface area contributed by atoms with Crippen molar-refractivity contribution in [3.63, 3.8) is 0 Å². The van der Waals surface area contributed by atoms with Crippen molar-refractivity contribution in [3.05, 3.63) is 70.7 Å². The van der Waals surface area contributed by atoms with Gasteiger partial charge in [0.05, 0.1) is 0 Å². The molecule has 1 fully saturated rings. The average molecular weight is 359 g/mol. The Balaban J connectivity index is 1.51. The van der Waals surface area contributed by atoms with Gasteiger partial charge < -0.3 is 0 Å². The molecular formula is C22H24Cl2. The number of benzene rings is 2. The molecule has 0 aliphatic heterocycles. The van der Waals surface area contributed by atoms with E-state index >= 15 is 0 Å². The molecule has 0 N–H and O–H groups in total. The standard InChI is InChI=1S/C22H24Cl2/c23-16-15-19-5-3-17(4-6-19)1-2-18-7-9-20(10-8-18)21-11-13-22(24)14-12-21/h7-17,19H,1-6H2. The first kappa shape index (κ1) is 17.6. The second-order valence-corrected chi connectivity index (χ2v) is 7.53. The fraction of sp³-hybridized carbons (Fsp3) is 0.364. The Hall–Kier alpha value is -1.24. The van der Waals surface area contributed by atoms with Crippen LogP contribution in [0.4, 0.5) is 0 Å². The molecule has 2 aromatic rings. The summed E-state index contributed by atoms with van der Waals surface area (Å²) >= 11 is 11.6. The Morgan fingerprint density at radius 1 is 0.833 bits per heavy atom. The smallest absolute Gasteiger partial charge is 0.0406 e. The van der Waals surface area contributed by atoms with Crippen molar-refractivity contribution in [2.75, 3.05) is 0 Å². The van der Waals surface area contributed by atoms with Gasteiger partial charge in [0.1, 0.15) is 0 Å². The summed E-state index contributed by atoms with van der Waals surface area (Å²) in [5, 5.41) is 0.784. The molecule has 0 atom stereocenters. The van der Waals surface area contributed by atoms with Gasteiger partial charge in [0, 0.05) is 10.6 Å². The van der Waals surface area contributed by atoms with Crippen LogP contribution in [0.3, 0.4) is 0 Å². The summed E-state index contributed by atoms with van der Waals surface area (Å²) in [6, 6.07) is 17.0. The van der Waals surface area contributed by atoms with Gasteiger partial charge in [-0.2, -0.15) is 0 Å². The molecule has 3 rings (SSSR count). The van der Waals surface area contributed by atoms with Crippen molar-refractivity contribution in [3.8, 4) is 11.1 Å². The summed E-state index contributed by atoms with van der Waals surface area (Å²) in [6.45, 7) is 0. The molecule has 1 aliphatic rings. The van der Waals surface area contributed by atoms with Gasteiger partial charge in [-0.3, -0.25) is 0 Å². The highest BCUT2D eigenvalue weighted by Gasteiger charge is 2.19. The topological polar surface area (TPSA) is 0 Å². The van der Waals surface area contributed by atoms with Gasteiger partial charge in [0.2, 0.25) is 0 Å². The Bertz CT molecular complexity index is 647. The van der Waals surface area contributed by atoms with E-state index in [4.69, 9.17) is 23.2 Å². The fourth-order valence-corrected chi connectivity index (χ4v) is 3.98. The lowest BCUT2D eigenvalue weighted by molar-refractivity contribution is 0.296. The lowest BCUT2D eigenvalue weighted by Crippen LogP contribution is -2.13. The average Bonchev–Trinajstić information content (AvgIpc) is 2.63. The molecule has 126 valence electrons. The Morgan fingerprint density at radius 3 is 2.00 bits per heavy atom. The van der Waals surface area contributed by atoms with E-state index in [-0.39, 0.29) is 0 Å². The zero-order chi connectivity index (χ0) is 16.8. The maximum Gasteiger partial charge on any atom is 0.0406 e. The van der Waals surface area contributed by atoms with Crippen LogP contribution in [0, 0.1) is 11.8 Å². The summed E-state index contributed by atoms with van der Waals surface area (Å²) in [4.78, 5) is 0. The number of allylic oxidation sites excluding steroid dienone is 1. The molecule has 0 aromatic heterocycles. The summed E-state index contributed by atoms with van der Waals surface area (Å²) in [5.74, 6) is 1.58. The minimum atomic E-state index is 0.706. The van der Waals surface area contributed by atoms with Crippen LogP contribution in [0.1, 0.15) is 37.7 Å². The zero-order valence-corrected chi connectivity index (χ0v) is 15.4. The Labute approximate surface area is 155 Å².